The number of aromatic nitrogens is 2. The third kappa shape index (κ3) is 5.35. The van der Waals surface area contributed by atoms with Crippen molar-refractivity contribution >= 4 is 48.1 Å². The molecule has 0 aromatic carbocycles. The van der Waals surface area contributed by atoms with Gasteiger partial charge in [-0.3, -0.25) is 4.79 Å². The van der Waals surface area contributed by atoms with Crippen molar-refractivity contribution in [2.75, 3.05) is 5.75 Å². The Labute approximate surface area is 183 Å². The second-order valence-corrected chi connectivity index (χ2v) is 8.96. The van der Waals surface area contributed by atoms with Crippen molar-refractivity contribution in [1.82, 2.24) is 14.7 Å². The predicted octanol–water partition coefficient (Wildman–Crippen LogP) is 3.74. The smallest absolute Gasteiger partial charge is 0.230 e. The Bertz CT molecular complexity index is 786. The fraction of sp³-hybridized carbons (Fsp3) is 0.600. The van der Waals surface area contributed by atoms with Gasteiger partial charge < -0.3 is 15.5 Å². The van der Waals surface area contributed by atoms with Crippen LogP contribution >= 0.6 is 36.6 Å². The summed E-state index contributed by atoms with van der Waals surface area (Å²) in [4.78, 5) is 17.1. The Morgan fingerprint density at radius 3 is 2.68 bits per heavy atom. The van der Waals surface area contributed by atoms with Crippen LogP contribution in [0.2, 0.25) is 0 Å². The fourth-order valence-corrected chi connectivity index (χ4v) is 5.44. The number of thioether (sulfide) groups is 1. The number of carbonyl (C=O) groups excluding carboxylic acids is 1. The average molecular weight is 445 g/mol. The molecule has 2 aliphatic carbocycles. The van der Waals surface area contributed by atoms with Crippen LogP contribution in [0.1, 0.15) is 43.4 Å². The fourth-order valence-electron chi connectivity index (χ4n) is 4.73. The summed E-state index contributed by atoms with van der Waals surface area (Å²) in [5.74, 6) is 2.57. The Kier molecular flexibility index (Phi) is 8.49. The van der Waals surface area contributed by atoms with Crippen molar-refractivity contribution in [3.8, 4) is 0 Å². The van der Waals surface area contributed by atoms with Crippen molar-refractivity contribution < 1.29 is 4.79 Å². The number of imidazole rings is 1. The van der Waals surface area contributed by atoms with Crippen LogP contribution < -0.4 is 11.1 Å². The predicted molar refractivity (Wildman–Crippen MR) is 121 cm³/mol. The highest BCUT2D eigenvalue weighted by atomic mass is 35.5. The second kappa shape index (κ2) is 10.2. The number of fused-ring (bicyclic) bond motifs is 3. The molecule has 2 heterocycles. The lowest BCUT2D eigenvalue weighted by Gasteiger charge is -2.45. The normalized spacial score (nSPS) is 26.2. The number of nitrogens with zero attached hydrogens (tertiary/aromatic N) is 2. The Morgan fingerprint density at radius 1 is 1.25 bits per heavy atom. The van der Waals surface area contributed by atoms with Crippen LogP contribution in [0.5, 0.6) is 0 Å². The molecule has 2 unspecified atom stereocenters. The summed E-state index contributed by atoms with van der Waals surface area (Å²) in [6, 6.07) is 4.77. The number of amides is 1. The van der Waals surface area contributed by atoms with E-state index in [0.717, 1.165) is 29.9 Å². The van der Waals surface area contributed by atoms with E-state index in [0.29, 0.717) is 29.7 Å². The summed E-state index contributed by atoms with van der Waals surface area (Å²) in [5, 5.41) is 3.32. The van der Waals surface area contributed by atoms with E-state index in [1.165, 1.54) is 24.8 Å². The third-order valence-corrected chi connectivity index (χ3v) is 6.80. The molecule has 5 nitrogen and oxygen atoms in total. The Balaban J connectivity index is 0.00000140. The maximum Gasteiger partial charge on any atom is 0.230 e. The minimum absolute atomic E-state index is 0. The van der Waals surface area contributed by atoms with Gasteiger partial charge in [0.15, 0.2) is 0 Å². The molecule has 3 N–H and O–H groups in total. The number of carbonyl (C=O) groups is 1. The van der Waals surface area contributed by atoms with Crippen LogP contribution in [-0.4, -0.2) is 33.1 Å². The molecule has 28 heavy (non-hydrogen) atoms. The number of pyridine rings is 1. The average Bonchev–Trinajstić information content (AvgIpc) is 2.97. The summed E-state index contributed by atoms with van der Waals surface area (Å²) in [6.45, 7) is 2.08. The minimum Gasteiger partial charge on any atom is -0.352 e. The van der Waals surface area contributed by atoms with Crippen molar-refractivity contribution in [2.24, 2.45) is 17.6 Å². The molecule has 1 amide bonds. The van der Waals surface area contributed by atoms with E-state index in [2.05, 4.69) is 40.1 Å². The highest BCUT2D eigenvalue weighted by Gasteiger charge is 2.39. The van der Waals surface area contributed by atoms with Gasteiger partial charge in [0.05, 0.1) is 11.4 Å². The van der Waals surface area contributed by atoms with Gasteiger partial charge in [0, 0.05) is 30.2 Å². The zero-order valence-electron chi connectivity index (χ0n) is 16.2. The number of nitrogens with one attached hydrogen (secondary N) is 1. The zero-order valence-corrected chi connectivity index (χ0v) is 18.6. The maximum atomic E-state index is 12.4. The van der Waals surface area contributed by atoms with E-state index in [1.54, 1.807) is 11.8 Å². The number of hydrogen-bond acceptors (Lipinski definition) is 4. The summed E-state index contributed by atoms with van der Waals surface area (Å²) in [7, 11) is 0. The van der Waals surface area contributed by atoms with Gasteiger partial charge in [-0.15, -0.1) is 36.6 Å². The van der Waals surface area contributed by atoms with Crippen LogP contribution in [-0.2, 0) is 10.5 Å². The second-order valence-electron chi connectivity index (χ2n) is 7.97. The lowest BCUT2D eigenvalue weighted by atomic mass is 9.67. The Morgan fingerprint density at radius 2 is 1.96 bits per heavy atom. The first-order valence-electron chi connectivity index (χ1n) is 9.65. The van der Waals surface area contributed by atoms with Gasteiger partial charge in [-0.1, -0.05) is 12.5 Å². The van der Waals surface area contributed by atoms with E-state index < -0.39 is 0 Å². The number of hydrogen-bond donors (Lipinski definition) is 2. The van der Waals surface area contributed by atoms with Crippen molar-refractivity contribution in [3.63, 3.8) is 0 Å². The first kappa shape index (κ1) is 23.3. The summed E-state index contributed by atoms with van der Waals surface area (Å²) in [6.07, 6.45) is 9.98. The highest BCUT2D eigenvalue weighted by molar-refractivity contribution is 7.99. The topological polar surface area (TPSA) is 72.4 Å². The molecule has 156 valence electrons. The largest absolute Gasteiger partial charge is 0.352 e. The van der Waals surface area contributed by atoms with E-state index in [4.69, 9.17) is 5.73 Å². The molecular weight excluding hydrogens is 415 g/mol. The zero-order chi connectivity index (χ0) is 18.1. The van der Waals surface area contributed by atoms with Gasteiger partial charge in [-0.2, -0.15) is 0 Å². The Hall–Kier alpha value is -0.950. The highest BCUT2D eigenvalue weighted by Crippen LogP contribution is 2.39. The molecule has 2 atom stereocenters. The van der Waals surface area contributed by atoms with Crippen molar-refractivity contribution in [3.05, 3.63) is 35.8 Å². The monoisotopic (exact) mass is 444 g/mol. The SMILES string of the molecule is Cc1ccc2nc(CSCC(=O)NC3C4CCCC3CC(N)C4)cn2c1.Cl.Cl. The van der Waals surface area contributed by atoms with Gasteiger partial charge in [0.25, 0.3) is 0 Å². The third-order valence-electron chi connectivity index (χ3n) is 5.84. The quantitative estimate of drug-likeness (QED) is 0.736. The molecule has 8 heteroatoms. The van der Waals surface area contributed by atoms with Crippen LogP contribution in [0, 0.1) is 18.8 Å². The molecule has 2 fully saturated rings. The lowest BCUT2D eigenvalue weighted by molar-refractivity contribution is -0.120. The van der Waals surface area contributed by atoms with Crippen LogP contribution in [0.15, 0.2) is 24.5 Å². The molecule has 2 aromatic heterocycles. The molecule has 0 spiro atoms. The molecule has 2 saturated carbocycles. The van der Waals surface area contributed by atoms with Crippen molar-refractivity contribution in [2.45, 2.75) is 56.9 Å². The molecule has 2 aromatic rings. The van der Waals surface area contributed by atoms with Crippen LogP contribution in [0.25, 0.3) is 5.65 Å². The van der Waals surface area contributed by atoms with Crippen LogP contribution in [0.4, 0.5) is 0 Å². The first-order valence-corrected chi connectivity index (χ1v) is 10.8. The summed E-state index contributed by atoms with van der Waals surface area (Å²) < 4.78 is 2.05. The lowest BCUT2D eigenvalue weighted by Crippen LogP contribution is -2.54. The van der Waals surface area contributed by atoms with Crippen LogP contribution in [0.3, 0.4) is 0 Å². The van der Waals surface area contributed by atoms with E-state index >= 15 is 0 Å². The number of aryl methyl sites for hydroxylation is 1. The van der Waals surface area contributed by atoms with Gasteiger partial charge >= 0.3 is 0 Å². The maximum absolute atomic E-state index is 12.4. The van der Waals surface area contributed by atoms with Crippen molar-refractivity contribution in [1.29, 1.82) is 0 Å². The van der Waals surface area contributed by atoms with Gasteiger partial charge in [-0.05, 0) is 56.1 Å². The number of nitrogens with two attached hydrogens (primary N) is 1. The molecular formula is C20H30Cl2N4OS. The van der Waals surface area contributed by atoms with E-state index in [9.17, 15) is 4.79 Å². The number of rotatable bonds is 5. The molecule has 2 aliphatic rings. The minimum atomic E-state index is 0. The number of halogens is 2. The van der Waals surface area contributed by atoms with Gasteiger partial charge in [0.2, 0.25) is 5.91 Å². The standard InChI is InChI=1S/C20H28N4OS.2ClH/c1-13-5-6-18-22-17(10-24(18)9-13)11-26-12-19(25)23-20-14-3-2-4-15(20)8-16(21)7-14;;/h5-6,9-10,14-16,20H,2-4,7-8,11-12,21H2,1H3,(H,23,25);2*1H. The first-order chi connectivity index (χ1) is 12.6. The molecule has 2 bridgehead atoms. The van der Waals surface area contributed by atoms with E-state index in [-0.39, 0.29) is 30.7 Å². The van der Waals surface area contributed by atoms with Gasteiger partial charge in [-0.25, -0.2) is 4.98 Å². The molecule has 0 aliphatic heterocycles. The summed E-state index contributed by atoms with van der Waals surface area (Å²) in [5.41, 5.74) is 9.37. The van der Waals surface area contributed by atoms with Gasteiger partial charge in [0.1, 0.15) is 5.65 Å². The molecule has 0 saturated heterocycles. The van der Waals surface area contributed by atoms with E-state index in [1.807, 2.05) is 6.07 Å². The molecule has 4 rings (SSSR count). The molecule has 0 radical (unpaired) electrons. The summed E-state index contributed by atoms with van der Waals surface area (Å²) >= 11 is 1.64.